The lowest BCUT2D eigenvalue weighted by atomic mass is 10.1. The van der Waals surface area contributed by atoms with Gasteiger partial charge in [0.25, 0.3) is 5.91 Å². The monoisotopic (exact) mass is 312 g/mol. The van der Waals surface area contributed by atoms with Gasteiger partial charge in [-0.2, -0.15) is 0 Å². The second-order valence-corrected chi connectivity index (χ2v) is 5.35. The molecule has 5 heteroatoms. The molecule has 0 unspecified atom stereocenters. The molecule has 0 atom stereocenters. The van der Waals surface area contributed by atoms with E-state index in [9.17, 15) is 9.59 Å². The van der Waals surface area contributed by atoms with Crippen molar-refractivity contribution in [1.82, 2.24) is 4.98 Å². The summed E-state index contributed by atoms with van der Waals surface area (Å²) < 4.78 is 0. The summed E-state index contributed by atoms with van der Waals surface area (Å²) in [4.78, 5) is 28.8. The average molecular weight is 312 g/mol. The van der Waals surface area contributed by atoms with Gasteiger partial charge in [0.1, 0.15) is 11.4 Å². The number of carbonyl (C=O) groups excluding carboxylic acids is 1. The molecule has 2 aromatic rings. The first-order chi connectivity index (χ1) is 11.0. The van der Waals surface area contributed by atoms with Crippen molar-refractivity contribution in [2.75, 3.05) is 11.9 Å². The van der Waals surface area contributed by atoms with E-state index in [4.69, 9.17) is 5.11 Å². The number of hydrogen-bond acceptors (Lipinski definition) is 3. The number of unbranched alkanes of at least 4 members (excludes halogenated alkanes) is 1. The third kappa shape index (κ3) is 4.16. The SMILES string of the molecule is CCCCc1ccc(N(C)C(=O)c2cccc(C(=O)O)n2)cc1. The molecule has 1 N–H and O–H groups in total. The van der Waals surface area contributed by atoms with E-state index in [2.05, 4.69) is 11.9 Å². The van der Waals surface area contributed by atoms with Crippen molar-refractivity contribution in [1.29, 1.82) is 0 Å². The maximum Gasteiger partial charge on any atom is 0.354 e. The second-order valence-electron chi connectivity index (χ2n) is 5.35. The van der Waals surface area contributed by atoms with Crippen LogP contribution in [-0.4, -0.2) is 29.0 Å². The third-order valence-corrected chi connectivity index (χ3v) is 3.63. The predicted octanol–water partition coefficient (Wildman–Crippen LogP) is 3.40. The highest BCUT2D eigenvalue weighted by Gasteiger charge is 2.16. The van der Waals surface area contributed by atoms with E-state index in [1.807, 2.05) is 24.3 Å². The van der Waals surface area contributed by atoms with Crippen molar-refractivity contribution in [3.63, 3.8) is 0 Å². The standard InChI is InChI=1S/C18H20N2O3/c1-3-4-6-13-9-11-14(12-10-13)20(2)17(21)15-7-5-8-16(19-15)18(22)23/h5,7-12H,3-4,6H2,1-2H3,(H,22,23). The number of carbonyl (C=O) groups is 2. The molecule has 0 radical (unpaired) electrons. The zero-order valence-electron chi connectivity index (χ0n) is 13.3. The van der Waals surface area contributed by atoms with Gasteiger partial charge in [-0.3, -0.25) is 4.79 Å². The van der Waals surface area contributed by atoms with Gasteiger partial charge in [0.05, 0.1) is 0 Å². The zero-order valence-corrected chi connectivity index (χ0v) is 13.3. The molecule has 0 aliphatic carbocycles. The molecule has 0 fully saturated rings. The van der Waals surface area contributed by atoms with Gasteiger partial charge in [-0.1, -0.05) is 31.5 Å². The van der Waals surface area contributed by atoms with Crippen molar-refractivity contribution >= 4 is 17.6 Å². The molecule has 0 spiro atoms. The average Bonchev–Trinajstić information content (AvgIpc) is 2.59. The minimum Gasteiger partial charge on any atom is -0.477 e. The lowest BCUT2D eigenvalue weighted by Crippen LogP contribution is -2.27. The molecule has 5 nitrogen and oxygen atoms in total. The highest BCUT2D eigenvalue weighted by atomic mass is 16.4. The Morgan fingerprint density at radius 1 is 1.09 bits per heavy atom. The Bertz CT molecular complexity index is 696. The van der Waals surface area contributed by atoms with Crippen molar-refractivity contribution in [3.8, 4) is 0 Å². The molecule has 1 aromatic carbocycles. The van der Waals surface area contributed by atoms with E-state index >= 15 is 0 Å². The van der Waals surface area contributed by atoms with Crippen molar-refractivity contribution in [2.45, 2.75) is 26.2 Å². The molecule has 1 amide bonds. The number of aryl methyl sites for hydroxylation is 1. The number of hydrogen-bond donors (Lipinski definition) is 1. The molecule has 1 heterocycles. The maximum atomic E-state index is 12.4. The molecular weight excluding hydrogens is 292 g/mol. The van der Waals surface area contributed by atoms with Crippen molar-refractivity contribution in [3.05, 3.63) is 59.4 Å². The van der Waals surface area contributed by atoms with Crippen LogP contribution >= 0.6 is 0 Å². The Labute approximate surface area is 135 Å². The fraction of sp³-hybridized carbons (Fsp3) is 0.278. The number of amides is 1. The Morgan fingerprint density at radius 3 is 2.35 bits per heavy atom. The van der Waals surface area contributed by atoms with E-state index in [0.717, 1.165) is 24.9 Å². The highest BCUT2D eigenvalue weighted by molar-refractivity contribution is 6.04. The van der Waals surface area contributed by atoms with Crippen LogP contribution in [0.25, 0.3) is 0 Å². The maximum absolute atomic E-state index is 12.4. The Kier molecular flexibility index (Phi) is 5.46. The van der Waals surface area contributed by atoms with E-state index in [1.165, 1.54) is 28.7 Å². The van der Waals surface area contributed by atoms with Crippen LogP contribution in [0.15, 0.2) is 42.5 Å². The summed E-state index contributed by atoms with van der Waals surface area (Å²) in [7, 11) is 1.65. The van der Waals surface area contributed by atoms with E-state index < -0.39 is 5.97 Å². The van der Waals surface area contributed by atoms with Crippen LogP contribution in [0, 0.1) is 0 Å². The fourth-order valence-electron chi connectivity index (χ4n) is 2.23. The first kappa shape index (κ1) is 16.7. The highest BCUT2D eigenvalue weighted by Crippen LogP contribution is 2.17. The smallest absolute Gasteiger partial charge is 0.354 e. The quantitative estimate of drug-likeness (QED) is 0.887. The number of rotatable bonds is 6. The number of aromatic nitrogens is 1. The Morgan fingerprint density at radius 2 is 1.74 bits per heavy atom. The van der Waals surface area contributed by atoms with E-state index in [-0.39, 0.29) is 17.3 Å². The molecule has 2 rings (SSSR count). The lowest BCUT2D eigenvalue weighted by Gasteiger charge is -2.17. The molecule has 23 heavy (non-hydrogen) atoms. The number of carboxylic acids is 1. The summed E-state index contributed by atoms with van der Waals surface area (Å²) in [6, 6.07) is 12.2. The summed E-state index contributed by atoms with van der Waals surface area (Å²) >= 11 is 0. The second kappa shape index (κ2) is 7.54. The number of benzene rings is 1. The summed E-state index contributed by atoms with van der Waals surface area (Å²) in [5.41, 5.74) is 1.96. The molecule has 120 valence electrons. The van der Waals surface area contributed by atoms with E-state index in [0.29, 0.717) is 0 Å². The normalized spacial score (nSPS) is 10.3. The van der Waals surface area contributed by atoms with Crippen LogP contribution < -0.4 is 4.90 Å². The lowest BCUT2D eigenvalue weighted by molar-refractivity contribution is 0.0690. The molecule has 0 aliphatic rings. The number of pyridine rings is 1. The number of aromatic carboxylic acids is 1. The topological polar surface area (TPSA) is 70.5 Å². The van der Waals surface area contributed by atoms with Gasteiger partial charge in [-0.25, -0.2) is 9.78 Å². The van der Waals surface area contributed by atoms with Gasteiger partial charge in [0.15, 0.2) is 0 Å². The Balaban J connectivity index is 2.16. The first-order valence-corrected chi connectivity index (χ1v) is 7.60. The minimum atomic E-state index is -1.15. The minimum absolute atomic E-state index is 0.113. The van der Waals surface area contributed by atoms with Gasteiger partial charge in [0, 0.05) is 12.7 Å². The predicted molar refractivity (Wildman–Crippen MR) is 89.0 cm³/mol. The van der Waals surface area contributed by atoms with Gasteiger partial charge in [0.2, 0.25) is 0 Å². The molecule has 1 aromatic heterocycles. The van der Waals surface area contributed by atoms with Gasteiger partial charge >= 0.3 is 5.97 Å². The number of nitrogens with zero attached hydrogens (tertiary/aromatic N) is 2. The van der Waals surface area contributed by atoms with Gasteiger partial charge in [-0.05, 0) is 42.7 Å². The van der Waals surface area contributed by atoms with Crippen LogP contribution in [0.3, 0.4) is 0 Å². The third-order valence-electron chi connectivity index (χ3n) is 3.63. The zero-order chi connectivity index (χ0) is 16.8. The summed E-state index contributed by atoms with van der Waals surface area (Å²) in [6.45, 7) is 2.15. The molecular formula is C18H20N2O3. The van der Waals surface area contributed by atoms with Gasteiger partial charge in [-0.15, -0.1) is 0 Å². The molecule has 0 saturated carbocycles. The van der Waals surface area contributed by atoms with Crippen LogP contribution in [0.5, 0.6) is 0 Å². The molecule has 0 aliphatic heterocycles. The fourth-order valence-corrected chi connectivity index (χ4v) is 2.23. The van der Waals surface area contributed by atoms with Gasteiger partial charge < -0.3 is 10.0 Å². The molecule has 0 bridgehead atoms. The molecule has 0 saturated heterocycles. The first-order valence-electron chi connectivity index (χ1n) is 7.60. The summed E-state index contributed by atoms with van der Waals surface area (Å²) in [5, 5.41) is 8.96. The summed E-state index contributed by atoms with van der Waals surface area (Å²) in [5.74, 6) is -1.49. The van der Waals surface area contributed by atoms with E-state index in [1.54, 1.807) is 7.05 Å². The largest absolute Gasteiger partial charge is 0.477 e. The Hall–Kier alpha value is -2.69. The van der Waals surface area contributed by atoms with Crippen molar-refractivity contribution in [2.24, 2.45) is 0 Å². The number of anilines is 1. The van der Waals surface area contributed by atoms with Crippen LogP contribution in [0.2, 0.25) is 0 Å². The van der Waals surface area contributed by atoms with Crippen LogP contribution in [0.4, 0.5) is 5.69 Å². The van der Waals surface area contributed by atoms with Crippen molar-refractivity contribution < 1.29 is 14.7 Å². The van der Waals surface area contributed by atoms with Crippen LogP contribution in [0.1, 0.15) is 46.3 Å². The van der Waals surface area contributed by atoms with Crippen LogP contribution in [-0.2, 0) is 6.42 Å². The summed E-state index contributed by atoms with van der Waals surface area (Å²) in [6.07, 6.45) is 3.31. The number of carboxylic acid groups (broad SMARTS) is 1.